The Balaban J connectivity index is 7.04. The first-order valence-corrected chi connectivity index (χ1v) is 7.12. The summed E-state index contributed by atoms with van der Waals surface area (Å²) in [6, 6.07) is 0. The van der Waals surface area contributed by atoms with Crippen LogP contribution in [0.2, 0.25) is 0 Å². The SMILES string of the molecule is COC(=O)C(O)C(O)(C(C)=O)C(O)(C(C)=O)C(O)(C(C)=O)C(=O)Br. The lowest BCUT2D eigenvalue weighted by atomic mass is 9.63. The van der Waals surface area contributed by atoms with Crippen LogP contribution in [0, 0.1) is 0 Å². The van der Waals surface area contributed by atoms with Crippen molar-refractivity contribution in [3.63, 3.8) is 0 Å². The molecule has 0 aromatic carbocycles. The lowest BCUT2D eigenvalue weighted by Crippen LogP contribution is -2.81. The van der Waals surface area contributed by atoms with Gasteiger partial charge in [0.2, 0.25) is 15.9 Å². The van der Waals surface area contributed by atoms with E-state index in [1.54, 1.807) is 0 Å². The number of aliphatic hydroxyl groups is 4. The van der Waals surface area contributed by atoms with Crippen LogP contribution >= 0.6 is 15.9 Å². The van der Waals surface area contributed by atoms with E-state index in [0.717, 1.165) is 7.11 Å². The molecule has 4 atom stereocenters. The van der Waals surface area contributed by atoms with Gasteiger partial charge in [0.1, 0.15) is 0 Å². The van der Waals surface area contributed by atoms with Crippen molar-refractivity contribution in [2.45, 2.75) is 43.7 Å². The molecular formula is C13H17BrO10. The van der Waals surface area contributed by atoms with Crippen molar-refractivity contribution < 1.29 is 49.1 Å². The van der Waals surface area contributed by atoms with Gasteiger partial charge < -0.3 is 25.2 Å². The molecule has 0 amide bonds. The molecule has 0 saturated carbocycles. The van der Waals surface area contributed by atoms with Gasteiger partial charge in [-0.1, -0.05) is 0 Å². The third-order valence-electron chi connectivity index (χ3n) is 3.74. The maximum Gasteiger partial charge on any atom is 0.338 e. The molecule has 136 valence electrons. The first kappa shape index (κ1) is 22.5. The molecule has 0 aliphatic carbocycles. The lowest BCUT2D eigenvalue weighted by Gasteiger charge is -2.47. The average Bonchev–Trinajstić information content (AvgIpc) is 2.49. The number of ether oxygens (including phenoxy) is 1. The maximum atomic E-state index is 12.0. The number of methoxy groups -OCH3 is 1. The Kier molecular flexibility index (Phi) is 6.69. The molecule has 0 aliphatic rings. The van der Waals surface area contributed by atoms with E-state index in [1.807, 2.05) is 0 Å². The largest absolute Gasteiger partial charge is 0.467 e. The highest BCUT2D eigenvalue weighted by Gasteiger charge is 2.75. The molecule has 0 aromatic rings. The van der Waals surface area contributed by atoms with Gasteiger partial charge in [-0.25, -0.2) is 4.79 Å². The van der Waals surface area contributed by atoms with Crippen LogP contribution in [-0.2, 0) is 28.7 Å². The van der Waals surface area contributed by atoms with Crippen LogP contribution in [0.5, 0.6) is 0 Å². The average molecular weight is 413 g/mol. The normalized spacial score (nSPS) is 19.9. The smallest absolute Gasteiger partial charge is 0.338 e. The first-order chi connectivity index (χ1) is 10.7. The molecule has 0 aromatic heterocycles. The van der Waals surface area contributed by atoms with E-state index in [0.29, 0.717) is 20.8 Å². The van der Waals surface area contributed by atoms with Gasteiger partial charge in [-0.3, -0.25) is 19.2 Å². The minimum atomic E-state index is -3.90. The fourth-order valence-corrected chi connectivity index (χ4v) is 2.83. The zero-order valence-corrected chi connectivity index (χ0v) is 14.8. The fraction of sp³-hybridized carbons (Fsp3) is 0.615. The zero-order valence-electron chi connectivity index (χ0n) is 13.2. The number of hydrogen-bond acceptors (Lipinski definition) is 10. The highest BCUT2D eigenvalue weighted by Crippen LogP contribution is 2.40. The van der Waals surface area contributed by atoms with E-state index in [2.05, 4.69) is 20.7 Å². The molecule has 11 heteroatoms. The molecule has 0 spiro atoms. The van der Waals surface area contributed by atoms with Gasteiger partial charge in [0.15, 0.2) is 29.1 Å². The topological polar surface area (TPSA) is 176 Å². The predicted octanol–water partition coefficient (Wildman–Crippen LogP) is -2.60. The number of aliphatic hydroxyl groups excluding tert-OH is 1. The molecule has 0 saturated heterocycles. The van der Waals surface area contributed by atoms with Gasteiger partial charge >= 0.3 is 5.97 Å². The molecule has 0 rings (SSSR count). The Morgan fingerprint density at radius 3 is 1.54 bits per heavy atom. The number of hydrogen-bond donors (Lipinski definition) is 4. The van der Waals surface area contributed by atoms with E-state index in [4.69, 9.17) is 0 Å². The molecule has 0 bridgehead atoms. The van der Waals surface area contributed by atoms with Crippen molar-refractivity contribution in [3.8, 4) is 0 Å². The fourth-order valence-electron chi connectivity index (χ4n) is 2.26. The van der Waals surface area contributed by atoms with Crippen LogP contribution in [0.1, 0.15) is 20.8 Å². The second kappa shape index (κ2) is 7.15. The Morgan fingerprint density at radius 2 is 1.33 bits per heavy atom. The van der Waals surface area contributed by atoms with Gasteiger partial charge in [0.05, 0.1) is 7.11 Å². The van der Waals surface area contributed by atoms with Crippen molar-refractivity contribution in [1.82, 2.24) is 0 Å². The number of ketones is 3. The third-order valence-corrected chi connectivity index (χ3v) is 4.31. The minimum absolute atomic E-state index is 0.530. The number of halogens is 1. The second-order valence-corrected chi connectivity index (χ2v) is 5.78. The van der Waals surface area contributed by atoms with Crippen LogP contribution in [-0.4, -0.2) is 78.5 Å². The summed E-state index contributed by atoms with van der Waals surface area (Å²) < 4.78 is 2.45. The van der Waals surface area contributed by atoms with E-state index in [-0.39, 0.29) is 0 Å². The summed E-state index contributed by atoms with van der Waals surface area (Å²) in [7, 11) is 0.756. The van der Waals surface area contributed by atoms with Crippen molar-refractivity contribution in [1.29, 1.82) is 0 Å². The standard InChI is InChI=1S/C13H17BrO10/c1-5(15)11(21,8(18)9(19)24-4)13(23,7(3)17)12(22,6(2)16)10(14)20/h8,18,21-23H,1-4H3. The van der Waals surface area contributed by atoms with Crippen LogP contribution in [0.4, 0.5) is 0 Å². The van der Waals surface area contributed by atoms with Gasteiger partial charge in [0.25, 0.3) is 0 Å². The van der Waals surface area contributed by atoms with Crippen LogP contribution in [0.15, 0.2) is 0 Å². The Bertz CT molecular complexity index is 586. The van der Waals surface area contributed by atoms with Crippen LogP contribution in [0.3, 0.4) is 0 Å². The van der Waals surface area contributed by atoms with Crippen LogP contribution < -0.4 is 0 Å². The molecule has 4 N–H and O–H groups in total. The van der Waals surface area contributed by atoms with Gasteiger partial charge in [-0.15, -0.1) is 0 Å². The second-order valence-electron chi connectivity index (χ2n) is 5.06. The minimum Gasteiger partial charge on any atom is -0.467 e. The van der Waals surface area contributed by atoms with Crippen molar-refractivity contribution >= 4 is 43.9 Å². The van der Waals surface area contributed by atoms with E-state index in [9.17, 15) is 44.4 Å². The molecule has 0 radical (unpaired) electrons. The number of esters is 1. The summed E-state index contributed by atoms with van der Waals surface area (Å²) in [6.45, 7) is 1.67. The van der Waals surface area contributed by atoms with Crippen molar-refractivity contribution in [2.75, 3.05) is 7.11 Å². The van der Waals surface area contributed by atoms with Gasteiger partial charge in [-0.2, -0.15) is 0 Å². The molecule has 0 fully saturated rings. The summed E-state index contributed by atoms with van der Waals surface area (Å²) in [6.07, 6.45) is -2.90. The maximum absolute atomic E-state index is 12.0. The highest BCUT2D eigenvalue weighted by molar-refractivity contribution is 9.18. The first-order valence-electron chi connectivity index (χ1n) is 6.33. The predicted molar refractivity (Wildman–Crippen MR) is 78.8 cm³/mol. The summed E-state index contributed by atoms with van der Waals surface area (Å²) >= 11 is 2.20. The number of Topliss-reactive ketones (excluding diaryl/α,β-unsaturated/α-hetero) is 3. The molecular weight excluding hydrogens is 396 g/mol. The summed E-state index contributed by atoms with van der Waals surface area (Å²) in [5.74, 6) is -6.45. The van der Waals surface area contributed by atoms with Gasteiger partial charge in [-0.05, 0) is 36.7 Å². The van der Waals surface area contributed by atoms with E-state index >= 15 is 0 Å². The number of rotatable bonds is 8. The molecule has 4 unspecified atom stereocenters. The van der Waals surface area contributed by atoms with E-state index < -0.39 is 50.9 Å². The number of carbonyl (C=O) groups excluding carboxylic acids is 5. The number of carbonyl (C=O) groups is 5. The third kappa shape index (κ3) is 2.82. The van der Waals surface area contributed by atoms with Crippen LogP contribution in [0.25, 0.3) is 0 Å². The molecule has 0 aliphatic heterocycles. The molecule has 24 heavy (non-hydrogen) atoms. The molecule has 10 nitrogen and oxygen atoms in total. The Morgan fingerprint density at radius 1 is 0.917 bits per heavy atom. The zero-order chi connectivity index (χ0) is 19.7. The lowest BCUT2D eigenvalue weighted by molar-refractivity contribution is -0.243. The molecule has 0 heterocycles. The van der Waals surface area contributed by atoms with Crippen molar-refractivity contribution in [3.05, 3.63) is 0 Å². The highest BCUT2D eigenvalue weighted by atomic mass is 79.9. The monoisotopic (exact) mass is 412 g/mol. The summed E-state index contributed by atoms with van der Waals surface area (Å²) in [5, 5.41) is 41.4. The van der Waals surface area contributed by atoms with E-state index in [1.165, 1.54) is 0 Å². The Hall–Kier alpha value is -1.53. The summed E-state index contributed by atoms with van der Waals surface area (Å²) in [4.78, 5) is 58.9. The van der Waals surface area contributed by atoms with Crippen molar-refractivity contribution in [2.24, 2.45) is 0 Å². The quantitative estimate of drug-likeness (QED) is 0.188. The summed E-state index contributed by atoms with van der Waals surface area (Å²) in [5.41, 5.74) is -11.4. The van der Waals surface area contributed by atoms with Gasteiger partial charge in [0, 0.05) is 0 Å². The Labute approximate surface area is 144 Å².